The van der Waals surface area contributed by atoms with Crippen LogP contribution in [0, 0.1) is 0 Å². The summed E-state index contributed by atoms with van der Waals surface area (Å²) in [6.07, 6.45) is 6.44. The molecule has 1 unspecified atom stereocenters. The van der Waals surface area contributed by atoms with Crippen molar-refractivity contribution in [3.8, 4) is 0 Å². The number of ether oxygens (including phenoxy) is 1. The first-order chi connectivity index (χ1) is 14.1. The van der Waals surface area contributed by atoms with Crippen molar-refractivity contribution in [1.82, 2.24) is 20.0 Å². The predicted octanol–water partition coefficient (Wildman–Crippen LogP) is 3.30. The number of hydrogen-bond acceptors (Lipinski definition) is 6. The number of pyridine rings is 1. The number of halogens is 1. The standard InChI is InChI=1S/C21H23ClN4O3/c1-12-6-15(4-5-28-12)26-20(9-14-8-16(11-27)29-25-14)24-19-10-23-18-3-2-13(22)7-17(18)21(19)26/h2-3,7-8,10,12,14-15,25,27H,4-6,9,11H2,1H3/t12-,14?,15-/m1/s1. The van der Waals surface area contributed by atoms with Gasteiger partial charge in [-0.05, 0) is 44.0 Å². The molecule has 29 heavy (non-hydrogen) atoms. The molecule has 2 N–H and O–H groups in total. The van der Waals surface area contributed by atoms with Gasteiger partial charge >= 0.3 is 0 Å². The van der Waals surface area contributed by atoms with Crippen LogP contribution in [0.5, 0.6) is 0 Å². The van der Waals surface area contributed by atoms with E-state index >= 15 is 0 Å². The lowest BCUT2D eigenvalue weighted by Crippen LogP contribution is -2.29. The summed E-state index contributed by atoms with van der Waals surface area (Å²) in [5.74, 6) is 1.50. The Morgan fingerprint density at radius 2 is 2.24 bits per heavy atom. The monoisotopic (exact) mass is 414 g/mol. The molecule has 1 aromatic carbocycles. The van der Waals surface area contributed by atoms with E-state index in [0.29, 0.717) is 17.2 Å². The minimum absolute atomic E-state index is 0.0483. The molecule has 0 spiro atoms. The number of nitrogens with zero attached hydrogens (tertiary/aromatic N) is 3. The average molecular weight is 415 g/mol. The Morgan fingerprint density at radius 3 is 3.03 bits per heavy atom. The van der Waals surface area contributed by atoms with Gasteiger partial charge in [-0.3, -0.25) is 4.98 Å². The van der Waals surface area contributed by atoms with E-state index in [0.717, 1.165) is 47.2 Å². The van der Waals surface area contributed by atoms with Gasteiger partial charge in [0.15, 0.2) is 0 Å². The Morgan fingerprint density at radius 1 is 1.34 bits per heavy atom. The maximum Gasteiger partial charge on any atom is 0.147 e. The smallest absolute Gasteiger partial charge is 0.147 e. The van der Waals surface area contributed by atoms with Gasteiger partial charge in [-0.2, -0.15) is 0 Å². The third-order valence-electron chi connectivity index (χ3n) is 5.66. The van der Waals surface area contributed by atoms with E-state index in [2.05, 4.69) is 22.0 Å². The van der Waals surface area contributed by atoms with Crippen LogP contribution in [0.2, 0.25) is 5.02 Å². The number of aliphatic hydroxyl groups is 1. The van der Waals surface area contributed by atoms with Gasteiger partial charge in [-0.15, -0.1) is 5.48 Å². The Kier molecular flexibility index (Phi) is 4.91. The Hall–Kier alpha value is -2.19. The fraction of sp³-hybridized carbons (Fsp3) is 0.429. The predicted molar refractivity (Wildman–Crippen MR) is 111 cm³/mol. The van der Waals surface area contributed by atoms with E-state index in [-0.39, 0.29) is 24.8 Å². The van der Waals surface area contributed by atoms with Gasteiger partial charge in [-0.25, -0.2) is 4.98 Å². The molecule has 2 aliphatic heterocycles. The summed E-state index contributed by atoms with van der Waals surface area (Å²) in [5.41, 5.74) is 5.80. The lowest BCUT2D eigenvalue weighted by molar-refractivity contribution is 0.00612. The molecule has 3 atom stereocenters. The van der Waals surface area contributed by atoms with Crippen molar-refractivity contribution in [2.75, 3.05) is 13.2 Å². The molecule has 3 aromatic rings. The number of fused-ring (bicyclic) bond motifs is 3. The van der Waals surface area contributed by atoms with E-state index < -0.39 is 0 Å². The largest absolute Gasteiger partial charge is 0.410 e. The molecule has 8 heteroatoms. The van der Waals surface area contributed by atoms with Crippen LogP contribution in [0.1, 0.15) is 31.6 Å². The number of rotatable bonds is 4. The van der Waals surface area contributed by atoms with E-state index in [4.69, 9.17) is 26.2 Å². The lowest BCUT2D eigenvalue weighted by atomic mass is 10.0. The zero-order chi connectivity index (χ0) is 20.0. The van der Waals surface area contributed by atoms with Gasteiger partial charge in [0.05, 0.1) is 29.4 Å². The number of hydroxylamine groups is 1. The Bertz CT molecular complexity index is 1100. The highest BCUT2D eigenvalue weighted by Gasteiger charge is 2.28. The zero-order valence-electron chi connectivity index (χ0n) is 16.1. The quantitative estimate of drug-likeness (QED) is 0.681. The van der Waals surface area contributed by atoms with Crippen molar-refractivity contribution >= 4 is 33.5 Å². The van der Waals surface area contributed by atoms with Crippen molar-refractivity contribution in [3.05, 3.63) is 47.1 Å². The second-order valence-electron chi connectivity index (χ2n) is 7.73. The normalized spacial score (nSPS) is 24.8. The molecule has 0 bridgehead atoms. The molecule has 0 amide bonds. The average Bonchev–Trinajstić information content (AvgIpc) is 3.32. The highest BCUT2D eigenvalue weighted by molar-refractivity contribution is 6.31. The number of aromatic nitrogens is 3. The molecule has 1 saturated heterocycles. The zero-order valence-corrected chi connectivity index (χ0v) is 16.9. The van der Waals surface area contributed by atoms with Gasteiger partial charge < -0.3 is 19.2 Å². The van der Waals surface area contributed by atoms with E-state index in [1.165, 1.54) is 0 Å². The van der Waals surface area contributed by atoms with Crippen LogP contribution in [0.3, 0.4) is 0 Å². The molecular formula is C21H23ClN4O3. The van der Waals surface area contributed by atoms with Gasteiger partial charge in [0.25, 0.3) is 0 Å². The van der Waals surface area contributed by atoms with Crippen LogP contribution in [0.4, 0.5) is 0 Å². The van der Waals surface area contributed by atoms with Crippen LogP contribution >= 0.6 is 11.6 Å². The first-order valence-electron chi connectivity index (χ1n) is 9.93. The van der Waals surface area contributed by atoms with Gasteiger partial charge in [0.2, 0.25) is 0 Å². The van der Waals surface area contributed by atoms with Crippen molar-refractivity contribution < 1.29 is 14.7 Å². The number of nitrogens with one attached hydrogen (secondary N) is 1. The first-order valence-corrected chi connectivity index (χ1v) is 10.3. The molecular weight excluding hydrogens is 392 g/mol. The van der Waals surface area contributed by atoms with E-state index in [1.54, 1.807) is 0 Å². The molecule has 1 fully saturated rings. The Labute approximate surface area is 173 Å². The molecule has 0 saturated carbocycles. The maximum absolute atomic E-state index is 9.31. The third kappa shape index (κ3) is 3.48. The van der Waals surface area contributed by atoms with Crippen molar-refractivity contribution in [2.24, 2.45) is 0 Å². The topological polar surface area (TPSA) is 81.4 Å². The second-order valence-corrected chi connectivity index (χ2v) is 8.17. The van der Waals surface area contributed by atoms with Crippen LogP contribution in [-0.2, 0) is 16.0 Å². The lowest BCUT2D eigenvalue weighted by Gasteiger charge is -2.30. The molecule has 2 aliphatic rings. The van der Waals surface area contributed by atoms with Gasteiger partial charge in [0.1, 0.15) is 23.7 Å². The number of aliphatic hydroxyl groups excluding tert-OH is 1. The summed E-state index contributed by atoms with van der Waals surface area (Å²) in [6.45, 7) is 2.72. The number of imidazole rings is 1. The van der Waals surface area contributed by atoms with Crippen LogP contribution in [0.15, 0.2) is 36.2 Å². The van der Waals surface area contributed by atoms with Crippen molar-refractivity contribution in [1.29, 1.82) is 0 Å². The third-order valence-corrected chi connectivity index (χ3v) is 5.90. The minimum atomic E-state index is -0.121. The summed E-state index contributed by atoms with van der Waals surface area (Å²) in [7, 11) is 0. The fourth-order valence-electron chi connectivity index (χ4n) is 4.37. The minimum Gasteiger partial charge on any atom is -0.410 e. The number of benzene rings is 1. The molecule has 4 heterocycles. The summed E-state index contributed by atoms with van der Waals surface area (Å²) in [5, 5.41) is 11.0. The second kappa shape index (κ2) is 7.57. The van der Waals surface area contributed by atoms with Crippen LogP contribution in [0.25, 0.3) is 21.9 Å². The van der Waals surface area contributed by atoms with Crippen LogP contribution < -0.4 is 5.48 Å². The van der Waals surface area contributed by atoms with Crippen molar-refractivity contribution in [3.63, 3.8) is 0 Å². The molecule has 0 aliphatic carbocycles. The summed E-state index contributed by atoms with van der Waals surface area (Å²) >= 11 is 6.32. The summed E-state index contributed by atoms with van der Waals surface area (Å²) < 4.78 is 8.14. The highest BCUT2D eigenvalue weighted by atomic mass is 35.5. The fourth-order valence-corrected chi connectivity index (χ4v) is 4.54. The van der Waals surface area contributed by atoms with Crippen LogP contribution in [-0.4, -0.2) is 45.0 Å². The Balaban J connectivity index is 1.67. The SMILES string of the molecule is C[C@@H]1C[C@H](n2c(CC3C=C(CO)ON3)nc3cnc4ccc(Cl)cc4c32)CCO1. The van der Waals surface area contributed by atoms with Crippen molar-refractivity contribution in [2.45, 2.75) is 44.4 Å². The molecule has 7 nitrogen and oxygen atoms in total. The molecule has 2 aromatic heterocycles. The van der Waals surface area contributed by atoms with Gasteiger partial charge in [-0.1, -0.05) is 11.6 Å². The van der Waals surface area contributed by atoms with E-state index in [1.807, 2.05) is 30.5 Å². The van der Waals surface area contributed by atoms with Gasteiger partial charge in [0, 0.05) is 29.5 Å². The maximum atomic E-state index is 9.31. The molecule has 5 rings (SSSR count). The molecule has 152 valence electrons. The summed E-state index contributed by atoms with van der Waals surface area (Å²) in [4.78, 5) is 14.8. The van der Waals surface area contributed by atoms with E-state index in [9.17, 15) is 5.11 Å². The first kappa shape index (κ1) is 18.8. The highest BCUT2D eigenvalue weighted by Crippen LogP contribution is 2.34. The summed E-state index contributed by atoms with van der Waals surface area (Å²) in [6, 6.07) is 6.02. The number of hydrogen-bond donors (Lipinski definition) is 2. The molecule has 0 radical (unpaired) electrons.